The van der Waals surface area contributed by atoms with Crippen molar-refractivity contribution in [3.05, 3.63) is 0 Å². The van der Waals surface area contributed by atoms with E-state index in [1.807, 2.05) is 20.8 Å². The van der Waals surface area contributed by atoms with Gasteiger partial charge >= 0.3 is 12.1 Å². The van der Waals surface area contributed by atoms with Crippen LogP contribution >= 0.6 is 0 Å². The maximum atomic E-state index is 12.1. The number of carbonyl (C=O) groups is 2. The van der Waals surface area contributed by atoms with Gasteiger partial charge in [0.2, 0.25) is 0 Å². The second-order valence-electron chi connectivity index (χ2n) is 5.37. The van der Waals surface area contributed by atoms with Crippen LogP contribution in [0.2, 0.25) is 0 Å². The first-order valence-corrected chi connectivity index (χ1v) is 8.16. The molecule has 2 atom stereocenters. The predicted molar refractivity (Wildman–Crippen MR) is 83.1 cm³/mol. The molecular weight excluding hydrogens is 270 g/mol. The van der Waals surface area contributed by atoms with Crippen LogP contribution in [-0.4, -0.2) is 31.3 Å². The van der Waals surface area contributed by atoms with Gasteiger partial charge in [0.05, 0.1) is 13.2 Å². The summed E-state index contributed by atoms with van der Waals surface area (Å²) in [5, 5.41) is 2.63. The molecule has 0 heterocycles. The zero-order chi connectivity index (χ0) is 16.1. The zero-order valence-electron chi connectivity index (χ0n) is 13.9. The normalized spacial score (nSPS) is 13.3. The fraction of sp³-hybridized carbons (Fsp3) is 0.875. The highest BCUT2D eigenvalue weighted by molar-refractivity contribution is 5.81. The summed E-state index contributed by atoms with van der Waals surface area (Å²) in [7, 11) is 0. The van der Waals surface area contributed by atoms with Gasteiger partial charge in [0.25, 0.3) is 0 Å². The molecule has 0 bridgehead atoms. The van der Waals surface area contributed by atoms with Gasteiger partial charge in [-0.05, 0) is 18.8 Å². The van der Waals surface area contributed by atoms with Gasteiger partial charge in [-0.15, -0.1) is 0 Å². The second kappa shape index (κ2) is 12.5. The lowest BCUT2D eigenvalue weighted by molar-refractivity contribution is -0.147. The molecule has 0 saturated carbocycles. The molecule has 1 N–H and O–H groups in total. The van der Waals surface area contributed by atoms with Gasteiger partial charge in [0.15, 0.2) is 0 Å². The molecule has 21 heavy (non-hydrogen) atoms. The Hall–Kier alpha value is -1.26. The lowest BCUT2D eigenvalue weighted by Crippen LogP contribution is -2.46. The van der Waals surface area contributed by atoms with E-state index in [2.05, 4.69) is 12.2 Å². The highest BCUT2D eigenvalue weighted by atomic mass is 16.6. The molecule has 1 unspecified atom stereocenters. The number of nitrogens with one attached hydrogen (secondary N) is 1. The van der Waals surface area contributed by atoms with E-state index in [1.54, 1.807) is 0 Å². The van der Waals surface area contributed by atoms with E-state index >= 15 is 0 Å². The summed E-state index contributed by atoms with van der Waals surface area (Å²) in [5.41, 5.74) is 0. The van der Waals surface area contributed by atoms with Crippen LogP contribution in [0.1, 0.15) is 66.2 Å². The number of carbonyl (C=O) groups excluding carboxylic acids is 2. The van der Waals surface area contributed by atoms with E-state index < -0.39 is 12.1 Å². The van der Waals surface area contributed by atoms with Gasteiger partial charge in [-0.2, -0.15) is 0 Å². The zero-order valence-corrected chi connectivity index (χ0v) is 13.9. The van der Waals surface area contributed by atoms with Gasteiger partial charge < -0.3 is 14.8 Å². The molecule has 5 heteroatoms. The molecule has 0 aliphatic rings. The van der Waals surface area contributed by atoms with Crippen molar-refractivity contribution in [1.29, 1.82) is 0 Å². The molecule has 0 aromatic heterocycles. The van der Waals surface area contributed by atoms with Crippen molar-refractivity contribution in [3.8, 4) is 0 Å². The fourth-order valence-corrected chi connectivity index (χ4v) is 1.76. The molecule has 0 saturated heterocycles. The monoisotopic (exact) mass is 301 g/mol. The molecular formula is C16H31NO4. The molecule has 0 fully saturated rings. The lowest BCUT2D eigenvalue weighted by atomic mass is 9.99. The Bertz CT molecular complexity index is 294. The Labute approximate surface area is 128 Å². The topological polar surface area (TPSA) is 64.6 Å². The first-order valence-electron chi connectivity index (χ1n) is 8.16. The van der Waals surface area contributed by atoms with E-state index in [9.17, 15) is 9.59 Å². The summed E-state index contributed by atoms with van der Waals surface area (Å²) in [6, 6.07) is -0.634. The minimum Gasteiger partial charge on any atom is -0.464 e. The van der Waals surface area contributed by atoms with Crippen molar-refractivity contribution < 1.29 is 19.1 Å². The maximum Gasteiger partial charge on any atom is 0.407 e. The van der Waals surface area contributed by atoms with Crippen molar-refractivity contribution in [2.45, 2.75) is 72.3 Å². The third kappa shape index (κ3) is 9.32. The number of unbranched alkanes of at least 4 members (excludes halogenated alkanes) is 3. The van der Waals surface area contributed by atoms with Gasteiger partial charge in [-0.25, -0.2) is 9.59 Å². The fourth-order valence-electron chi connectivity index (χ4n) is 1.76. The minimum atomic E-state index is -0.634. The molecule has 124 valence electrons. The Morgan fingerprint density at radius 1 is 0.952 bits per heavy atom. The number of esters is 1. The molecule has 0 aliphatic heterocycles. The van der Waals surface area contributed by atoms with Crippen LogP contribution in [0.25, 0.3) is 0 Å². The van der Waals surface area contributed by atoms with E-state index in [-0.39, 0.29) is 11.9 Å². The first kappa shape index (κ1) is 19.7. The third-order valence-electron chi connectivity index (χ3n) is 3.46. The summed E-state index contributed by atoms with van der Waals surface area (Å²) in [4.78, 5) is 23.8. The SMILES string of the molecule is CCCCCOC(=O)[C@@H](NC(=O)OCCCC)C(C)CC. The quantitative estimate of drug-likeness (QED) is 0.467. The number of amides is 1. The van der Waals surface area contributed by atoms with E-state index in [4.69, 9.17) is 9.47 Å². The highest BCUT2D eigenvalue weighted by Gasteiger charge is 2.27. The molecule has 5 nitrogen and oxygen atoms in total. The van der Waals surface area contributed by atoms with Gasteiger partial charge in [-0.1, -0.05) is 53.4 Å². The predicted octanol–water partition coefficient (Wildman–Crippen LogP) is 3.66. The molecule has 0 aromatic carbocycles. The summed E-state index contributed by atoms with van der Waals surface area (Å²) in [5.74, 6) is -0.352. The number of hydrogen-bond donors (Lipinski definition) is 1. The Kier molecular flexibility index (Phi) is 11.7. The van der Waals surface area contributed by atoms with Gasteiger partial charge in [-0.3, -0.25) is 0 Å². The lowest BCUT2D eigenvalue weighted by Gasteiger charge is -2.22. The molecule has 0 aromatic rings. The minimum absolute atomic E-state index is 0.0161. The van der Waals surface area contributed by atoms with Crippen LogP contribution in [0.3, 0.4) is 0 Å². The van der Waals surface area contributed by atoms with Gasteiger partial charge in [0.1, 0.15) is 6.04 Å². The first-order chi connectivity index (χ1) is 10.1. The third-order valence-corrected chi connectivity index (χ3v) is 3.46. The van der Waals surface area contributed by atoms with Crippen molar-refractivity contribution in [1.82, 2.24) is 5.32 Å². The van der Waals surface area contributed by atoms with Crippen LogP contribution in [0.4, 0.5) is 4.79 Å². The van der Waals surface area contributed by atoms with E-state index in [0.29, 0.717) is 13.2 Å². The highest BCUT2D eigenvalue weighted by Crippen LogP contribution is 2.10. The van der Waals surface area contributed by atoms with Crippen molar-refractivity contribution in [3.63, 3.8) is 0 Å². The largest absolute Gasteiger partial charge is 0.464 e. The molecule has 1 amide bonds. The average molecular weight is 301 g/mol. The smallest absolute Gasteiger partial charge is 0.407 e. The van der Waals surface area contributed by atoms with Crippen molar-refractivity contribution in [2.75, 3.05) is 13.2 Å². The molecule has 0 aliphatic carbocycles. The van der Waals surface area contributed by atoms with Crippen LogP contribution in [0, 0.1) is 5.92 Å². The van der Waals surface area contributed by atoms with Crippen molar-refractivity contribution >= 4 is 12.1 Å². The van der Waals surface area contributed by atoms with Crippen LogP contribution in [0.5, 0.6) is 0 Å². The van der Waals surface area contributed by atoms with Crippen LogP contribution in [-0.2, 0) is 14.3 Å². The summed E-state index contributed by atoms with van der Waals surface area (Å²) >= 11 is 0. The van der Waals surface area contributed by atoms with Gasteiger partial charge in [0, 0.05) is 0 Å². The number of alkyl carbamates (subject to hydrolysis) is 1. The number of ether oxygens (including phenoxy) is 2. The molecule has 0 spiro atoms. The van der Waals surface area contributed by atoms with E-state index in [0.717, 1.165) is 38.5 Å². The Morgan fingerprint density at radius 3 is 2.14 bits per heavy atom. The maximum absolute atomic E-state index is 12.1. The van der Waals surface area contributed by atoms with Crippen LogP contribution in [0.15, 0.2) is 0 Å². The Morgan fingerprint density at radius 2 is 1.57 bits per heavy atom. The van der Waals surface area contributed by atoms with E-state index in [1.165, 1.54) is 0 Å². The standard InChI is InChI=1S/C16H31NO4/c1-5-8-10-12-20-15(18)14(13(4)7-3)17-16(19)21-11-9-6-2/h13-14H,5-12H2,1-4H3,(H,17,19)/t13?,14-/m0/s1. The molecule has 0 radical (unpaired) electrons. The average Bonchev–Trinajstić information content (AvgIpc) is 2.48. The second-order valence-corrected chi connectivity index (χ2v) is 5.37. The van der Waals surface area contributed by atoms with Crippen molar-refractivity contribution in [2.24, 2.45) is 5.92 Å². The summed E-state index contributed by atoms with van der Waals surface area (Å²) in [6.45, 7) is 8.80. The Balaban J connectivity index is 4.30. The summed E-state index contributed by atoms with van der Waals surface area (Å²) < 4.78 is 10.3. The summed E-state index contributed by atoms with van der Waals surface area (Å²) in [6.07, 6.45) is 4.99. The number of hydrogen-bond acceptors (Lipinski definition) is 4. The van der Waals surface area contributed by atoms with Crippen LogP contribution < -0.4 is 5.32 Å². The molecule has 0 rings (SSSR count). The number of rotatable bonds is 11.